The van der Waals surface area contributed by atoms with Crippen molar-refractivity contribution < 1.29 is 30.4 Å². The molecule has 2 N–H and O–H groups in total. The first-order valence-electron chi connectivity index (χ1n) is 4.52. The first kappa shape index (κ1) is 16.1. The van der Waals surface area contributed by atoms with E-state index >= 15 is 0 Å². The third-order valence-electron chi connectivity index (χ3n) is 2.14. The topological polar surface area (TPSA) is 73.0 Å². The van der Waals surface area contributed by atoms with Gasteiger partial charge in [0.15, 0.2) is 5.03 Å². The summed E-state index contributed by atoms with van der Waals surface area (Å²) < 4.78 is 85.6. The van der Waals surface area contributed by atoms with Gasteiger partial charge in [-0.15, -0.1) is 0 Å². The standard InChI is InChI=1S/C8H6ClF5N2O2S/c9-19(17,18)7-5(8(12,13)14)3(1-15)4(2-16-7)6(10)11/h2,6H,1,15H2. The quantitative estimate of drug-likeness (QED) is 0.684. The number of hydrogen-bond donors (Lipinski definition) is 1. The monoisotopic (exact) mass is 324 g/mol. The summed E-state index contributed by atoms with van der Waals surface area (Å²) in [6, 6.07) is 0. The van der Waals surface area contributed by atoms with Gasteiger partial charge in [0.05, 0.1) is 5.56 Å². The maximum atomic E-state index is 12.8. The lowest BCUT2D eigenvalue weighted by molar-refractivity contribution is -0.141. The van der Waals surface area contributed by atoms with Gasteiger partial charge in [0, 0.05) is 29.0 Å². The molecule has 19 heavy (non-hydrogen) atoms. The van der Waals surface area contributed by atoms with Crippen LogP contribution in [-0.4, -0.2) is 13.4 Å². The van der Waals surface area contributed by atoms with Crippen LogP contribution < -0.4 is 5.73 Å². The van der Waals surface area contributed by atoms with Crippen LogP contribution in [0.25, 0.3) is 0 Å². The van der Waals surface area contributed by atoms with E-state index in [1.165, 1.54) is 0 Å². The molecule has 0 aliphatic heterocycles. The molecule has 1 rings (SSSR count). The minimum absolute atomic E-state index is 0.317. The van der Waals surface area contributed by atoms with Crippen molar-refractivity contribution in [2.24, 2.45) is 5.73 Å². The lowest BCUT2D eigenvalue weighted by Gasteiger charge is -2.17. The Balaban J connectivity index is 3.82. The lowest BCUT2D eigenvalue weighted by atomic mass is 10.0. The molecule has 4 nitrogen and oxygen atoms in total. The van der Waals surface area contributed by atoms with E-state index in [2.05, 4.69) is 4.98 Å². The maximum absolute atomic E-state index is 12.8. The number of pyridine rings is 1. The zero-order valence-corrected chi connectivity index (χ0v) is 10.5. The molecule has 0 aliphatic carbocycles. The number of hydrogen-bond acceptors (Lipinski definition) is 4. The smallest absolute Gasteiger partial charge is 0.326 e. The Labute approximate surface area is 108 Å². The van der Waals surface area contributed by atoms with Crippen molar-refractivity contribution >= 4 is 19.7 Å². The molecule has 108 valence electrons. The van der Waals surface area contributed by atoms with Crippen molar-refractivity contribution in [3.05, 3.63) is 22.9 Å². The van der Waals surface area contributed by atoms with Gasteiger partial charge in [0.1, 0.15) is 0 Å². The molecular weight excluding hydrogens is 319 g/mol. The Kier molecular flexibility index (Phi) is 4.37. The van der Waals surface area contributed by atoms with Crippen molar-refractivity contribution in [3.63, 3.8) is 0 Å². The zero-order chi connectivity index (χ0) is 15.0. The molecular formula is C8H6ClF5N2O2S. The molecule has 1 aromatic rings. The summed E-state index contributed by atoms with van der Waals surface area (Å²) in [7, 11) is -0.0390. The minimum atomic E-state index is -5.23. The van der Waals surface area contributed by atoms with Crippen LogP contribution in [0.15, 0.2) is 11.2 Å². The van der Waals surface area contributed by atoms with Gasteiger partial charge in [-0.05, 0) is 5.56 Å². The number of nitrogens with zero attached hydrogens (tertiary/aromatic N) is 1. The van der Waals surface area contributed by atoms with Crippen LogP contribution in [0.5, 0.6) is 0 Å². The first-order valence-corrected chi connectivity index (χ1v) is 6.83. The molecule has 0 unspecified atom stereocenters. The van der Waals surface area contributed by atoms with Crippen LogP contribution in [0.1, 0.15) is 23.1 Å². The molecule has 0 aromatic carbocycles. The fraction of sp³-hybridized carbons (Fsp3) is 0.375. The molecule has 0 amide bonds. The van der Waals surface area contributed by atoms with Gasteiger partial charge in [-0.3, -0.25) is 0 Å². The number of nitrogens with two attached hydrogens (primary N) is 1. The molecule has 11 heteroatoms. The van der Waals surface area contributed by atoms with Crippen LogP contribution in [0.4, 0.5) is 22.0 Å². The van der Waals surface area contributed by atoms with Crippen LogP contribution in [-0.2, 0) is 21.8 Å². The molecule has 0 bridgehead atoms. The molecule has 0 radical (unpaired) electrons. The molecule has 1 heterocycles. The predicted octanol–water partition coefficient (Wildman–Crippen LogP) is 2.42. The number of rotatable bonds is 3. The second-order valence-electron chi connectivity index (χ2n) is 3.31. The zero-order valence-electron chi connectivity index (χ0n) is 8.88. The van der Waals surface area contributed by atoms with Gasteiger partial charge in [-0.25, -0.2) is 22.2 Å². The van der Waals surface area contributed by atoms with Crippen molar-refractivity contribution in [2.45, 2.75) is 24.2 Å². The largest absolute Gasteiger partial charge is 0.419 e. The highest BCUT2D eigenvalue weighted by Gasteiger charge is 2.42. The molecule has 0 saturated heterocycles. The molecule has 0 atom stereocenters. The third kappa shape index (κ3) is 3.31. The highest BCUT2D eigenvalue weighted by atomic mass is 35.7. The highest BCUT2D eigenvalue weighted by Crippen LogP contribution is 2.39. The SMILES string of the molecule is NCc1c(C(F)F)cnc(S(=O)(=O)Cl)c1C(F)(F)F. The van der Waals surface area contributed by atoms with Gasteiger partial charge >= 0.3 is 6.18 Å². The summed E-state index contributed by atoms with van der Waals surface area (Å²) in [5, 5.41) is -1.54. The number of halogens is 6. The van der Waals surface area contributed by atoms with Crippen molar-refractivity contribution in [1.82, 2.24) is 4.98 Å². The average Bonchev–Trinajstić information content (AvgIpc) is 2.24. The van der Waals surface area contributed by atoms with Gasteiger partial charge in [0.25, 0.3) is 15.5 Å². The normalized spacial score (nSPS) is 13.1. The van der Waals surface area contributed by atoms with E-state index in [4.69, 9.17) is 16.4 Å². The molecule has 0 aliphatic rings. The number of alkyl halides is 5. The molecule has 0 fully saturated rings. The summed E-state index contributed by atoms with van der Waals surface area (Å²) in [5.74, 6) is 0. The Hall–Kier alpha value is -1.00. The molecule has 1 aromatic heterocycles. The lowest BCUT2D eigenvalue weighted by Crippen LogP contribution is -2.20. The van der Waals surface area contributed by atoms with E-state index in [0.29, 0.717) is 6.20 Å². The van der Waals surface area contributed by atoms with Gasteiger partial charge in [0.2, 0.25) is 0 Å². The maximum Gasteiger partial charge on any atom is 0.419 e. The fourth-order valence-electron chi connectivity index (χ4n) is 1.43. The van der Waals surface area contributed by atoms with Crippen LogP contribution in [0.3, 0.4) is 0 Å². The Morgan fingerprint density at radius 2 is 1.89 bits per heavy atom. The average molecular weight is 325 g/mol. The molecule has 0 saturated carbocycles. The van der Waals surface area contributed by atoms with Gasteiger partial charge in [-0.1, -0.05) is 0 Å². The van der Waals surface area contributed by atoms with Crippen LogP contribution in [0, 0.1) is 0 Å². The predicted molar refractivity (Wildman–Crippen MR) is 55.1 cm³/mol. The van der Waals surface area contributed by atoms with Crippen LogP contribution >= 0.6 is 10.7 Å². The van der Waals surface area contributed by atoms with E-state index in [9.17, 15) is 30.4 Å². The van der Waals surface area contributed by atoms with Crippen molar-refractivity contribution in [3.8, 4) is 0 Å². The van der Waals surface area contributed by atoms with E-state index in [1.54, 1.807) is 0 Å². The molecule has 0 spiro atoms. The summed E-state index contributed by atoms with van der Waals surface area (Å²) in [6.07, 6.45) is -8.19. The van der Waals surface area contributed by atoms with Crippen LogP contribution in [0.2, 0.25) is 0 Å². The summed E-state index contributed by atoms with van der Waals surface area (Å²) in [4.78, 5) is 2.87. The highest BCUT2D eigenvalue weighted by molar-refractivity contribution is 8.13. The van der Waals surface area contributed by atoms with E-state index in [-0.39, 0.29) is 0 Å². The van der Waals surface area contributed by atoms with Crippen molar-refractivity contribution in [1.29, 1.82) is 0 Å². The summed E-state index contributed by atoms with van der Waals surface area (Å²) in [6.45, 7) is -0.934. The van der Waals surface area contributed by atoms with E-state index in [0.717, 1.165) is 0 Å². The summed E-state index contributed by atoms with van der Waals surface area (Å²) >= 11 is 0. The Morgan fingerprint density at radius 1 is 1.37 bits per heavy atom. The Morgan fingerprint density at radius 3 is 2.21 bits per heavy atom. The number of aromatic nitrogens is 1. The Bertz CT molecular complexity index is 588. The van der Waals surface area contributed by atoms with E-state index in [1.807, 2.05) is 0 Å². The minimum Gasteiger partial charge on any atom is -0.326 e. The second-order valence-corrected chi connectivity index (χ2v) is 5.79. The fourth-order valence-corrected chi connectivity index (χ4v) is 2.44. The van der Waals surface area contributed by atoms with Gasteiger partial charge in [-0.2, -0.15) is 13.2 Å². The summed E-state index contributed by atoms with van der Waals surface area (Å²) in [5.41, 5.74) is 1.01. The van der Waals surface area contributed by atoms with Crippen molar-refractivity contribution in [2.75, 3.05) is 0 Å². The third-order valence-corrected chi connectivity index (χ3v) is 3.35. The second kappa shape index (κ2) is 5.17. The van der Waals surface area contributed by atoms with E-state index < -0.39 is 49.9 Å². The first-order chi connectivity index (χ1) is 8.50. The van der Waals surface area contributed by atoms with Gasteiger partial charge < -0.3 is 5.73 Å².